The van der Waals surface area contributed by atoms with E-state index in [4.69, 9.17) is 4.74 Å². The third kappa shape index (κ3) is 6.25. The number of rotatable bonds is 9. The van der Waals surface area contributed by atoms with Crippen molar-refractivity contribution in [2.45, 2.75) is 93.0 Å². The number of ether oxygens (including phenoxy) is 1. The summed E-state index contributed by atoms with van der Waals surface area (Å²) in [5, 5.41) is 2.78. The second kappa shape index (κ2) is 12.2. The minimum atomic E-state index is 0.0848. The molecule has 37 heavy (non-hydrogen) atoms. The fourth-order valence-corrected chi connectivity index (χ4v) is 5.66. The van der Waals surface area contributed by atoms with Crippen molar-refractivity contribution in [3.8, 4) is 0 Å². The largest absolute Gasteiger partial charge is 0.494 e. The van der Waals surface area contributed by atoms with E-state index in [0.717, 1.165) is 30.5 Å². The van der Waals surface area contributed by atoms with Gasteiger partial charge >= 0.3 is 0 Å². The van der Waals surface area contributed by atoms with Crippen LogP contribution in [0.1, 0.15) is 86.1 Å². The molecule has 2 aliphatic rings. The van der Waals surface area contributed by atoms with Gasteiger partial charge in [-0.1, -0.05) is 90.8 Å². The molecule has 3 heteroatoms. The highest BCUT2D eigenvalue weighted by Crippen LogP contribution is 2.41. The number of aryl methyl sites for hydroxylation is 1. The maximum absolute atomic E-state index is 5.82. The summed E-state index contributed by atoms with van der Waals surface area (Å²) in [7, 11) is 2.26. The summed E-state index contributed by atoms with van der Waals surface area (Å²) in [4.78, 5) is 4.95. The van der Waals surface area contributed by atoms with Gasteiger partial charge in [0, 0.05) is 30.6 Å². The highest BCUT2D eigenvalue weighted by Gasteiger charge is 2.40. The first-order chi connectivity index (χ1) is 17.5. The number of likely N-dealkylation sites (N-methyl/N-ethyl adjacent to an activating group) is 1. The molecule has 0 aliphatic carbocycles. The molecular weight excluding hydrogens is 452 g/mol. The number of hydrogen-bond acceptors (Lipinski definition) is 3. The molecule has 0 N–H and O–H groups in total. The molecular formula is C34H50N2O. The Kier molecular flexibility index (Phi) is 9.56. The second-order valence-corrected chi connectivity index (χ2v) is 11.8. The predicted octanol–water partition coefficient (Wildman–Crippen LogP) is 7.05. The van der Waals surface area contributed by atoms with Crippen molar-refractivity contribution < 1.29 is 4.74 Å². The Balaban J connectivity index is 2.28. The molecule has 1 aromatic carbocycles. The zero-order chi connectivity index (χ0) is 27.3. The van der Waals surface area contributed by atoms with E-state index in [0.29, 0.717) is 18.4 Å². The van der Waals surface area contributed by atoms with Gasteiger partial charge in [0.15, 0.2) is 0 Å². The van der Waals surface area contributed by atoms with E-state index in [9.17, 15) is 0 Å². The van der Waals surface area contributed by atoms with E-state index in [1.165, 1.54) is 58.7 Å². The number of allylic oxidation sites excluding steroid dienone is 2. The van der Waals surface area contributed by atoms with Crippen LogP contribution in [0, 0.1) is 5.41 Å². The molecule has 1 saturated heterocycles. The van der Waals surface area contributed by atoms with Gasteiger partial charge in [-0.05, 0) is 61.0 Å². The standard InChI is InChI=1S/C34H50N2O/c1-11-14-15-16-18-27-19-17-20-28(32(27)24(4)12-2)33-30-21-25(5)29(26(6)37-13-3)22-36(30)31(23-35(33)10)34(7,8)9/h17,19-22,31H,5-6,11-16,18,23H2,1-4,7-10H3/b32-24?,33-28-. The third-order valence-corrected chi connectivity index (χ3v) is 7.89. The number of piperazine rings is 1. The van der Waals surface area contributed by atoms with Crippen molar-refractivity contribution in [1.29, 1.82) is 0 Å². The number of hydrogen-bond donors (Lipinski definition) is 0. The van der Waals surface area contributed by atoms with Gasteiger partial charge in [-0.25, -0.2) is 0 Å². The summed E-state index contributed by atoms with van der Waals surface area (Å²) in [5.74, 6) is 0.695. The summed E-state index contributed by atoms with van der Waals surface area (Å²) >= 11 is 0. The van der Waals surface area contributed by atoms with Crippen LogP contribution in [0.2, 0.25) is 0 Å². The number of nitrogens with zero attached hydrogens (tertiary/aromatic N) is 2. The van der Waals surface area contributed by atoms with Crippen LogP contribution in [0.5, 0.6) is 0 Å². The molecule has 0 bridgehead atoms. The lowest BCUT2D eigenvalue weighted by Crippen LogP contribution is -2.55. The lowest BCUT2D eigenvalue weighted by molar-refractivity contribution is 0.128. The van der Waals surface area contributed by atoms with Crippen LogP contribution >= 0.6 is 0 Å². The van der Waals surface area contributed by atoms with Crippen molar-refractivity contribution in [3.63, 3.8) is 0 Å². The van der Waals surface area contributed by atoms with Gasteiger partial charge in [0.05, 0.1) is 24.0 Å². The average Bonchev–Trinajstić information content (AvgIpc) is 2.84. The van der Waals surface area contributed by atoms with E-state index in [2.05, 4.69) is 102 Å². The molecule has 0 saturated carbocycles. The SMILES string of the molecule is C=C1C=C2/C(=c3\cccc(CCCCCC)c3=C(C)CC)N(C)CC(C(C)(C)C)N2C=C1C(=C)OCC. The fraction of sp³-hybridized carbons (Fsp3) is 0.529. The van der Waals surface area contributed by atoms with Crippen molar-refractivity contribution in [3.05, 3.63) is 82.2 Å². The van der Waals surface area contributed by atoms with Crippen LogP contribution in [0.4, 0.5) is 0 Å². The summed E-state index contributed by atoms with van der Waals surface area (Å²) in [6, 6.07) is 7.24. The molecule has 0 aromatic heterocycles. The fourth-order valence-electron chi connectivity index (χ4n) is 5.66. The minimum Gasteiger partial charge on any atom is -0.494 e. The smallest absolute Gasteiger partial charge is 0.121 e. The molecule has 2 aliphatic heterocycles. The lowest BCUT2D eigenvalue weighted by Gasteiger charge is -2.50. The maximum Gasteiger partial charge on any atom is 0.121 e. The van der Waals surface area contributed by atoms with Crippen LogP contribution in [0.15, 0.2) is 66.2 Å². The van der Waals surface area contributed by atoms with Crippen molar-refractivity contribution in [1.82, 2.24) is 9.80 Å². The molecule has 1 fully saturated rings. The molecule has 202 valence electrons. The molecule has 1 aromatic rings. The van der Waals surface area contributed by atoms with E-state index in [1.54, 1.807) is 0 Å². The minimum absolute atomic E-state index is 0.0848. The van der Waals surface area contributed by atoms with Gasteiger partial charge in [-0.3, -0.25) is 0 Å². The second-order valence-electron chi connectivity index (χ2n) is 11.8. The summed E-state index contributed by atoms with van der Waals surface area (Å²) < 4.78 is 5.82. The van der Waals surface area contributed by atoms with Gasteiger partial charge in [0.25, 0.3) is 0 Å². The number of unbranched alkanes of at least 4 members (excludes halogenated alkanes) is 3. The first kappa shape index (κ1) is 28.9. The maximum atomic E-state index is 5.82. The normalized spacial score (nSPS) is 20.3. The summed E-state index contributed by atoms with van der Waals surface area (Å²) in [6.45, 7) is 26.1. The Bertz CT molecular complexity index is 1190. The molecule has 0 spiro atoms. The first-order valence-electron chi connectivity index (χ1n) is 14.3. The van der Waals surface area contributed by atoms with Crippen LogP contribution in [0.3, 0.4) is 0 Å². The monoisotopic (exact) mass is 502 g/mol. The Hall–Kier alpha value is -2.68. The van der Waals surface area contributed by atoms with E-state index in [1.807, 2.05) is 6.92 Å². The molecule has 1 unspecified atom stereocenters. The Labute approximate surface area is 226 Å². The van der Waals surface area contributed by atoms with Crippen LogP contribution in [-0.2, 0) is 11.2 Å². The molecule has 0 amide bonds. The first-order valence-corrected chi connectivity index (χ1v) is 14.3. The zero-order valence-corrected chi connectivity index (χ0v) is 24.8. The van der Waals surface area contributed by atoms with Gasteiger partial charge in [-0.2, -0.15) is 0 Å². The Morgan fingerprint density at radius 2 is 1.84 bits per heavy atom. The molecule has 2 heterocycles. The molecule has 3 rings (SSSR count). The summed E-state index contributed by atoms with van der Waals surface area (Å²) in [5.41, 5.74) is 7.49. The van der Waals surface area contributed by atoms with Crippen LogP contribution in [-0.4, -0.2) is 36.0 Å². The van der Waals surface area contributed by atoms with Crippen LogP contribution in [0.25, 0.3) is 11.3 Å². The number of fused-ring (bicyclic) bond motifs is 1. The number of benzene rings is 1. The topological polar surface area (TPSA) is 15.7 Å². The Morgan fingerprint density at radius 1 is 1.11 bits per heavy atom. The van der Waals surface area contributed by atoms with E-state index < -0.39 is 0 Å². The predicted molar refractivity (Wildman–Crippen MR) is 160 cm³/mol. The van der Waals surface area contributed by atoms with E-state index >= 15 is 0 Å². The van der Waals surface area contributed by atoms with Crippen molar-refractivity contribution >= 4 is 11.3 Å². The van der Waals surface area contributed by atoms with Gasteiger partial charge in [0.1, 0.15) is 5.76 Å². The zero-order valence-electron chi connectivity index (χ0n) is 24.8. The quantitative estimate of drug-likeness (QED) is 0.266. The highest BCUT2D eigenvalue weighted by atomic mass is 16.5. The van der Waals surface area contributed by atoms with Crippen molar-refractivity contribution in [2.75, 3.05) is 20.2 Å². The third-order valence-electron chi connectivity index (χ3n) is 7.89. The van der Waals surface area contributed by atoms with Gasteiger partial charge in [-0.15, -0.1) is 0 Å². The van der Waals surface area contributed by atoms with Crippen LogP contribution < -0.4 is 10.4 Å². The van der Waals surface area contributed by atoms with E-state index in [-0.39, 0.29) is 5.41 Å². The average molecular weight is 503 g/mol. The molecule has 1 atom stereocenters. The summed E-state index contributed by atoms with van der Waals surface area (Å²) in [6.07, 6.45) is 11.8. The molecule has 0 radical (unpaired) electrons. The molecule has 3 nitrogen and oxygen atoms in total. The van der Waals surface area contributed by atoms with Crippen molar-refractivity contribution in [2.24, 2.45) is 5.41 Å². The van der Waals surface area contributed by atoms with Gasteiger partial charge < -0.3 is 14.5 Å². The highest BCUT2D eigenvalue weighted by molar-refractivity contribution is 5.70. The van der Waals surface area contributed by atoms with Gasteiger partial charge in [0.2, 0.25) is 0 Å². The lowest BCUT2D eigenvalue weighted by atomic mass is 9.81. The Morgan fingerprint density at radius 3 is 2.46 bits per heavy atom.